The van der Waals surface area contributed by atoms with Gasteiger partial charge in [0.05, 0.1) is 11.1 Å². The summed E-state index contributed by atoms with van der Waals surface area (Å²) in [5.74, 6) is 1.22. The van der Waals surface area contributed by atoms with Crippen LogP contribution in [-0.2, 0) is 0 Å². The van der Waals surface area contributed by atoms with E-state index in [1.165, 1.54) is 18.6 Å². The van der Waals surface area contributed by atoms with Crippen LogP contribution in [0.1, 0.15) is 24.8 Å². The Hall–Kier alpha value is -4.28. The monoisotopic (exact) mass is 434 g/mol. The van der Waals surface area contributed by atoms with Gasteiger partial charge in [0, 0.05) is 30.9 Å². The van der Waals surface area contributed by atoms with Crippen molar-refractivity contribution in [2.45, 2.75) is 19.3 Å². The molecule has 11 nitrogen and oxygen atoms in total. The molecular formula is C21H22N8O3. The SMILES string of the molecule is O=[N+]([O-])c1ccc(Nc2nc(N/N=C/c3cccc(O)c3)nc(N3CCCCC3)n2)cc1. The van der Waals surface area contributed by atoms with E-state index in [2.05, 4.69) is 35.7 Å². The van der Waals surface area contributed by atoms with E-state index in [4.69, 9.17) is 0 Å². The van der Waals surface area contributed by atoms with Crippen molar-refractivity contribution in [3.8, 4) is 5.75 Å². The number of nitrogens with one attached hydrogen (secondary N) is 2. The zero-order valence-corrected chi connectivity index (χ0v) is 17.2. The topological polar surface area (TPSA) is 142 Å². The average Bonchev–Trinajstić information content (AvgIpc) is 2.80. The Labute approximate surface area is 184 Å². The van der Waals surface area contributed by atoms with E-state index < -0.39 is 4.92 Å². The number of anilines is 4. The van der Waals surface area contributed by atoms with Gasteiger partial charge in [-0.15, -0.1) is 0 Å². The number of nitrogens with zero attached hydrogens (tertiary/aromatic N) is 6. The zero-order valence-electron chi connectivity index (χ0n) is 17.2. The molecule has 0 amide bonds. The van der Waals surface area contributed by atoms with Crippen LogP contribution in [0.4, 0.5) is 29.2 Å². The summed E-state index contributed by atoms with van der Waals surface area (Å²) in [6, 6.07) is 12.7. The van der Waals surface area contributed by atoms with Crippen molar-refractivity contribution in [1.82, 2.24) is 15.0 Å². The van der Waals surface area contributed by atoms with Crippen LogP contribution in [0.2, 0.25) is 0 Å². The molecule has 1 aliphatic rings. The smallest absolute Gasteiger partial charge is 0.269 e. The summed E-state index contributed by atoms with van der Waals surface area (Å²) < 4.78 is 0. The highest BCUT2D eigenvalue weighted by atomic mass is 16.6. The van der Waals surface area contributed by atoms with Crippen LogP contribution < -0.4 is 15.6 Å². The normalized spacial score (nSPS) is 13.8. The Morgan fingerprint density at radius 2 is 1.78 bits per heavy atom. The number of non-ortho nitro benzene ring substituents is 1. The van der Waals surface area contributed by atoms with Crippen molar-refractivity contribution in [2.24, 2.45) is 5.10 Å². The first-order chi connectivity index (χ1) is 15.6. The van der Waals surface area contributed by atoms with Gasteiger partial charge in [-0.1, -0.05) is 12.1 Å². The molecule has 4 rings (SSSR count). The minimum atomic E-state index is -0.451. The van der Waals surface area contributed by atoms with Gasteiger partial charge in [0.2, 0.25) is 17.8 Å². The number of phenols is 1. The van der Waals surface area contributed by atoms with Crippen molar-refractivity contribution in [2.75, 3.05) is 28.7 Å². The minimum absolute atomic E-state index is 0.00356. The van der Waals surface area contributed by atoms with Crippen molar-refractivity contribution in [3.63, 3.8) is 0 Å². The third kappa shape index (κ3) is 5.45. The van der Waals surface area contributed by atoms with Crippen molar-refractivity contribution >= 4 is 35.4 Å². The summed E-state index contributed by atoms with van der Waals surface area (Å²) >= 11 is 0. The number of hydrogen-bond acceptors (Lipinski definition) is 10. The Morgan fingerprint density at radius 1 is 1.03 bits per heavy atom. The van der Waals surface area contributed by atoms with Gasteiger partial charge >= 0.3 is 0 Å². The molecule has 0 saturated carbocycles. The summed E-state index contributed by atoms with van der Waals surface area (Å²) in [7, 11) is 0. The van der Waals surface area contributed by atoms with Crippen LogP contribution in [0.15, 0.2) is 53.6 Å². The molecule has 0 spiro atoms. The quantitative estimate of drug-likeness (QED) is 0.288. The third-order valence-corrected chi connectivity index (χ3v) is 4.85. The van der Waals surface area contributed by atoms with E-state index in [0.717, 1.165) is 25.9 Å². The van der Waals surface area contributed by atoms with Crippen molar-refractivity contribution in [1.29, 1.82) is 0 Å². The molecule has 11 heteroatoms. The van der Waals surface area contributed by atoms with E-state index in [1.54, 1.807) is 42.6 Å². The molecule has 3 N–H and O–H groups in total. The molecule has 1 aromatic heterocycles. The number of nitro benzene ring substituents is 1. The Balaban J connectivity index is 1.56. The van der Waals surface area contributed by atoms with Crippen LogP contribution in [-0.4, -0.2) is 44.3 Å². The van der Waals surface area contributed by atoms with Gasteiger partial charge in [-0.25, -0.2) is 5.43 Å². The number of nitro groups is 1. The number of hydrogen-bond donors (Lipinski definition) is 3. The van der Waals surface area contributed by atoms with Gasteiger partial charge in [0.15, 0.2) is 0 Å². The maximum Gasteiger partial charge on any atom is 0.269 e. The lowest BCUT2D eigenvalue weighted by atomic mass is 10.1. The first kappa shape index (κ1) is 21.0. The first-order valence-electron chi connectivity index (χ1n) is 10.2. The molecule has 2 heterocycles. The predicted molar refractivity (Wildman–Crippen MR) is 122 cm³/mol. The highest BCUT2D eigenvalue weighted by Gasteiger charge is 2.16. The Morgan fingerprint density at radius 3 is 2.50 bits per heavy atom. The van der Waals surface area contributed by atoms with Gasteiger partial charge in [-0.3, -0.25) is 10.1 Å². The summed E-state index contributed by atoms with van der Waals surface area (Å²) in [6.45, 7) is 1.71. The van der Waals surface area contributed by atoms with Crippen molar-refractivity contribution < 1.29 is 10.0 Å². The third-order valence-electron chi connectivity index (χ3n) is 4.85. The number of aromatic nitrogens is 3. The fourth-order valence-corrected chi connectivity index (χ4v) is 3.27. The lowest BCUT2D eigenvalue weighted by molar-refractivity contribution is -0.384. The number of piperidine rings is 1. The Bertz CT molecular complexity index is 1110. The molecule has 3 aromatic rings. The lowest BCUT2D eigenvalue weighted by Crippen LogP contribution is -2.31. The average molecular weight is 434 g/mol. The van der Waals surface area contributed by atoms with E-state index in [0.29, 0.717) is 23.1 Å². The van der Waals surface area contributed by atoms with Gasteiger partial charge in [-0.2, -0.15) is 20.1 Å². The molecule has 1 aliphatic heterocycles. The summed E-state index contributed by atoms with van der Waals surface area (Å²) in [5, 5.41) is 27.7. The van der Waals surface area contributed by atoms with Crippen molar-refractivity contribution in [3.05, 3.63) is 64.2 Å². The fraction of sp³-hybridized carbons (Fsp3) is 0.238. The summed E-state index contributed by atoms with van der Waals surface area (Å²) in [6.07, 6.45) is 4.85. The number of rotatable bonds is 7. The molecular weight excluding hydrogens is 412 g/mol. The summed E-state index contributed by atoms with van der Waals surface area (Å²) in [4.78, 5) is 25.9. The minimum Gasteiger partial charge on any atom is -0.508 e. The van der Waals surface area contributed by atoms with E-state index in [9.17, 15) is 15.2 Å². The van der Waals surface area contributed by atoms with Crippen LogP contribution in [0.5, 0.6) is 5.75 Å². The molecule has 0 atom stereocenters. The van der Waals surface area contributed by atoms with Crippen LogP contribution in [0.25, 0.3) is 0 Å². The van der Waals surface area contributed by atoms with E-state index in [1.807, 2.05) is 0 Å². The molecule has 0 aliphatic carbocycles. The zero-order chi connectivity index (χ0) is 22.3. The Kier molecular flexibility index (Phi) is 6.35. The number of hydrazone groups is 1. The van der Waals surface area contributed by atoms with Gasteiger partial charge in [0.25, 0.3) is 5.69 Å². The number of benzene rings is 2. The maximum absolute atomic E-state index is 10.9. The van der Waals surface area contributed by atoms with Crippen LogP contribution >= 0.6 is 0 Å². The molecule has 2 aromatic carbocycles. The fourth-order valence-electron chi connectivity index (χ4n) is 3.27. The standard InChI is InChI=1S/C21H22N8O3/c30-18-6-4-5-15(13-18)14-22-27-20-24-19(23-16-7-9-17(10-8-16)29(31)32)25-21(26-20)28-11-2-1-3-12-28/h4-10,13-14,30H,1-3,11-12H2,(H2,23,24,25,26,27)/b22-14+. The molecule has 0 radical (unpaired) electrons. The number of aromatic hydroxyl groups is 1. The first-order valence-corrected chi connectivity index (χ1v) is 10.2. The van der Waals surface area contributed by atoms with E-state index in [-0.39, 0.29) is 17.4 Å². The molecule has 0 unspecified atom stereocenters. The summed E-state index contributed by atoms with van der Waals surface area (Å²) in [5.41, 5.74) is 4.14. The van der Waals surface area contributed by atoms with Gasteiger partial charge in [0.1, 0.15) is 5.75 Å². The second-order valence-corrected chi connectivity index (χ2v) is 7.22. The second-order valence-electron chi connectivity index (χ2n) is 7.22. The molecule has 32 heavy (non-hydrogen) atoms. The van der Waals surface area contributed by atoms with Crippen LogP contribution in [0.3, 0.4) is 0 Å². The lowest BCUT2D eigenvalue weighted by Gasteiger charge is -2.26. The maximum atomic E-state index is 10.9. The predicted octanol–water partition coefficient (Wildman–Crippen LogP) is 3.67. The second kappa shape index (κ2) is 9.69. The largest absolute Gasteiger partial charge is 0.508 e. The highest BCUT2D eigenvalue weighted by molar-refractivity contribution is 5.80. The van der Waals surface area contributed by atoms with Gasteiger partial charge < -0.3 is 15.3 Å². The van der Waals surface area contributed by atoms with Crippen LogP contribution in [0, 0.1) is 10.1 Å². The number of phenolic OH excluding ortho intramolecular Hbond substituents is 1. The molecule has 1 saturated heterocycles. The molecule has 0 bridgehead atoms. The highest BCUT2D eigenvalue weighted by Crippen LogP contribution is 2.22. The molecule has 164 valence electrons. The molecule has 1 fully saturated rings. The van der Waals surface area contributed by atoms with E-state index >= 15 is 0 Å². The van der Waals surface area contributed by atoms with Gasteiger partial charge in [-0.05, 0) is 49.1 Å².